The van der Waals surface area contributed by atoms with Crippen LogP contribution in [-0.4, -0.2) is 43.0 Å². The SMILES string of the molecule is N=NCC(=O)C1CCN(C(=O)OCC2c3ccccc3-c3ccccc32)CC1. The van der Waals surface area contributed by atoms with Gasteiger partial charge in [0.1, 0.15) is 13.2 Å². The van der Waals surface area contributed by atoms with Crippen molar-refractivity contribution in [3.05, 3.63) is 59.7 Å². The molecule has 28 heavy (non-hydrogen) atoms. The molecule has 2 aromatic carbocycles. The molecule has 1 aliphatic carbocycles. The van der Waals surface area contributed by atoms with Gasteiger partial charge in [-0.3, -0.25) is 4.79 Å². The van der Waals surface area contributed by atoms with Gasteiger partial charge in [-0.2, -0.15) is 5.11 Å². The van der Waals surface area contributed by atoms with Crippen molar-refractivity contribution in [1.29, 1.82) is 5.53 Å². The van der Waals surface area contributed by atoms with Crippen LogP contribution in [0.2, 0.25) is 0 Å². The standard InChI is InChI=1S/C22H23N3O3/c23-24-13-21(26)15-9-11-25(12-10-15)22(27)28-14-20-18-7-3-1-5-16(18)17-6-2-4-8-19(17)20/h1-8,15,20,23H,9-14H2. The molecule has 1 fully saturated rings. The first kappa shape index (κ1) is 18.3. The molecule has 1 saturated heterocycles. The van der Waals surface area contributed by atoms with Crippen molar-refractivity contribution in [1.82, 2.24) is 4.90 Å². The lowest BCUT2D eigenvalue weighted by Gasteiger charge is -2.30. The third kappa shape index (κ3) is 3.42. The van der Waals surface area contributed by atoms with Crippen molar-refractivity contribution in [3.63, 3.8) is 0 Å². The summed E-state index contributed by atoms with van der Waals surface area (Å²) in [6.45, 7) is 1.26. The normalized spacial score (nSPS) is 16.4. The summed E-state index contributed by atoms with van der Waals surface area (Å²) in [6.07, 6.45) is 0.898. The van der Waals surface area contributed by atoms with E-state index in [1.807, 2.05) is 24.3 Å². The van der Waals surface area contributed by atoms with Crippen LogP contribution in [0, 0.1) is 11.4 Å². The van der Waals surface area contributed by atoms with Crippen LogP contribution < -0.4 is 0 Å². The number of Topliss-reactive ketones (excluding diaryl/α,β-unsaturated/α-hetero) is 1. The van der Waals surface area contributed by atoms with Gasteiger partial charge in [-0.1, -0.05) is 48.5 Å². The van der Waals surface area contributed by atoms with E-state index >= 15 is 0 Å². The first-order chi connectivity index (χ1) is 13.7. The van der Waals surface area contributed by atoms with Gasteiger partial charge in [0.15, 0.2) is 5.78 Å². The summed E-state index contributed by atoms with van der Waals surface area (Å²) < 4.78 is 5.68. The van der Waals surface area contributed by atoms with Crippen molar-refractivity contribution < 1.29 is 14.3 Å². The summed E-state index contributed by atoms with van der Waals surface area (Å²) in [6, 6.07) is 16.5. The van der Waals surface area contributed by atoms with Crippen LogP contribution in [0.1, 0.15) is 29.9 Å². The largest absolute Gasteiger partial charge is 0.448 e. The van der Waals surface area contributed by atoms with Crippen LogP contribution in [0.15, 0.2) is 53.6 Å². The Bertz CT molecular complexity index is 858. The number of carbonyl (C=O) groups is 2. The molecule has 6 nitrogen and oxygen atoms in total. The van der Waals surface area contributed by atoms with E-state index in [2.05, 4.69) is 29.4 Å². The van der Waals surface area contributed by atoms with Gasteiger partial charge in [0.05, 0.1) is 0 Å². The highest BCUT2D eigenvalue weighted by Gasteiger charge is 2.31. The van der Waals surface area contributed by atoms with Crippen LogP contribution in [-0.2, 0) is 9.53 Å². The monoisotopic (exact) mass is 377 g/mol. The van der Waals surface area contributed by atoms with E-state index < -0.39 is 0 Å². The number of amides is 1. The van der Waals surface area contributed by atoms with Crippen molar-refractivity contribution in [3.8, 4) is 11.1 Å². The second kappa shape index (κ2) is 7.92. The van der Waals surface area contributed by atoms with Gasteiger partial charge in [-0.25, -0.2) is 10.3 Å². The number of nitrogens with zero attached hydrogens (tertiary/aromatic N) is 2. The topological polar surface area (TPSA) is 82.8 Å². The van der Waals surface area contributed by atoms with E-state index in [1.54, 1.807) is 4.90 Å². The number of hydrogen-bond donors (Lipinski definition) is 1. The molecule has 4 rings (SSSR count). The highest BCUT2D eigenvalue weighted by atomic mass is 16.6. The Morgan fingerprint density at radius 3 is 2.14 bits per heavy atom. The van der Waals surface area contributed by atoms with Crippen LogP contribution in [0.4, 0.5) is 4.79 Å². The molecule has 1 N–H and O–H groups in total. The highest BCUT2D eigenvalue weighted by Crippen LogP contribution is 2.44. The minimum atomic E-state index is -0.321. The van der Waals surface area contributed by atoms with E-state index in [9.17, 15) is 9.59 Å². The predicted octanol–water partition coefficient (Wildman–Crippen LogP) is 4.25. The molecule has 0 radical (unpaired) electrons. The van der Waals surface area contributed by atoms with Gasteiger partial charge >= 0.3 is 6.09 Å². The Morgan fingerprint density at radius 1 is 1.00 bits per heavy atom. The third-order valence-corrected chi connectivity index (χ3v) is 5.78. The number of nitrogens with one attached hydrogen (secondary N) is 1. The Kier molecular flexibility index (Phi) is 5.19. The lowest BCUT2D eigenvalue weighted by atomic mass is 9.93. The van der Waals surface area contributed by atoms with Gasteiger partial charge in [0.2, 0.25) is 0 Å². The van der Waals surface area contributed by atoms with Crippen LogP contribution >= 0.6 is 0 Å². The van der Waals surface area contributed by atoms with E-state index in [0.717, 1.165) is 0 Å². The molecule has 1 aliphatic heterocycles. The number of fused-ring (bicyclic) bond motifs is 3. The van der Waals surface area contributed by atoms with Gasteiger partial charge in [0, 0.05) is 24.9 Å². The quantitative estimate of drug-likeness (QED) is 0.791. The Hall–Kier alpha value is -3.02. The summed E-state index contributed by atoms with van der Waals surface area (Å²) in [5.41, 5.74) is 11.6. The number of ketones is 1. The zero-order valence-corrected chi connectivity index (χ0v) is 15.6. The van der Waals surface area contributed by atoms with Gasteiger partial charge in [0.25, 0.3) is 0 Å². The first-order valence-electron chi connectivity index (χ1n) is 9.65. The second-order valence-electron chi connectivity index (χ2n) is 7.35. The number of likely N-dealkylation sites (tertiary alicyclic amines) is 1. The number of benzene rings is 2. The zero-order chi connectivity index (χ0) is 19.5. The fraction of sp³-hybridized carbons (Fsp3) is 0.364. The minimum Gasteiger partial charge on any atom is -0.448 e. The Balaban J connectivity index is 1.38. The van der Waals surface area contributed by atoms with Crippen molar-refractivity contribution in [2.45, 2.75) is 18.8 Å². The number of rotatable bonds is 5. The molecule has 0 unspecified atom stereocenters. The fourth-order valence-corrected chi connectivity index (χ4v) is 4.28. The predicted molar refractivity (Wildman–Crippen MR) is 104 cm³/mol. The van der Waals surface area contributed by atoms with Crippen molar-refractivity contribution in [2.24, 2.45) is 11.0 Å². The summed E-state index contributed by atoms with van der Waals surface area (Å²) in [7, 11) is 0. The molecular weight excluding hydrogens is 354 g/mol. The van der Waals surface area contributed by atoms with Crippen molar-refractivity contribution in [2.75, 3.05) is 26.2 Å². The molecular formula is C22H23N3O3. The maximum absolute atomic E-state index is 12.6. The van der Waals surface area contributed by atoms with Crippen LogP contribution in [0.3, 0.4) is 0 Å². The Morgan fingerprint density at radius 2 is 1.57 bits per heavy atom. The lowest BCUT2D eigenvalue weighted by Crippen LogP contribution is -2.41. The third-order valence-electron chi connectivity index (χ3n) is 5.78. The van der Waals surface area contributed by atoms with Gasteiger partial charge in [-0.15, -0.1) is 0 Å². The highest BCUT2D eigenvalue weighted by molar-refractivity contribution is 5.83. The summed E-state index contributed by atoms with van der Waals surface area (Å²) >= 11 is 0. The number of ether oxygens (including phenoxy) is 1. The molecule has 6 heteroatoms. The van der Waals surface area contributed by atoms with E-state index in [4.69, 9.17) is 10.3 Å². The van der Waals surface area contributed by atoms with Crippen LogP contribution in [0.5, 0.6) is 0 Å². The smallest absolute Gasteiger partial charge is 0.409 e. The molecule has 2 aliphatic rings. The maximum atomic E-state index is 12.6. The molecule has 144 valence electrons. The van der Waals surface area contributed by atoms with Gasteiger partial charge in [-0.05, 0) is 35.1 Å². The molecule has 1 amide bonds. The van der Waals surface area contributed by atoms with Crippen molar-refractivity contribution >= 4 is 11.9 Å². The Labute approximate surface area is 164 Å². The summed E-state index contributed by atoms with van der Waals surface area (Å²) in [5.74, 6) is -0.0666. The molecule has 0 aromatic heterocycles. The molecule has 0 bridgehead atoms. The van der Waals surface area contributed by atoms with Gasteiger partial charge < -0.3 is 9.64 Å². The average molecular weight is 377 g/mol. The van der Waals surface area contributed by atoms with E-state index in [0.29, 0.717) is 32.5 Å². The van der Waals surface area contributed by atoms with E-state index in [1.165, 1.54) is 22.3 Å². The number of hydrogen-bond acceptors (Lipinski definition) is 5. The zero-order valence-electron chi connectivity index (χ0n) is 15.6. The molecule has 0 saturated carbocycles. The maximum Gasteiger partial charge on any atom is 0.409 e. The fourth-order valence-electron chi connectivity index (χ4n) is 4.28. The average Bonchev–Trinajstić information content (AvgIpc) is 3.06. The summed E-state index contributed by atoms with van der Waals surface area (Å²) in [4.78, 5) is 26.1. The minimum absolute atomic E-state index is 0.0119. The summed E-state index contributed by atoms with van der Waals surface area (Å²) in [5, 5.41) is 3.17. The van der Waals surface area contributed by atoms with E-state index in [-0.39, 0.29) is 30.3 Å². The lowest BCUT2D eigenvalue weighted by molar-refractivity contribution is -0.122. The molecule has 2 aromatic rings. The molecule has 0 atom stereocenters. The second-order valence-corrected chi connectivity index (χ2v) is 7.35. The number of carbonyl (C=O) groups excluding carboxylic acids is 2. The van der Waals surface area contributed by atoms with Crippen LogP contribution in [0.25, 0.3) is 11.1 Å². The number of piperidine rings is 1. The molecule has 1 heterocycles. The first-order valence-corrected chi connectivity index (χ1v) is 9.65. The molecule has 0 spiro atoms.